The van der Waals surface area contributed by atoms with Crippen molar-refractivity contribution in [3.05, 3.63) is 48.3 Å². The van der Waals surface area contributed by atoms with Crippen LogP contribution in [0.3, 0.4) is 0 Å². The summed E-state index contributed by atoms with van der Waals surface area (Å²) in [5.74, 6) is 0.555. The summed E-state index contributed by atoms with van der Waals surface area (Å²) < 4.78 is 5.42. The van der Waals surface area contributed by atoms with Gasteiger partial charge >= 0.3 is 0 Å². The fourth-order valence-electron chi connectivity index (χ4n) is 1.95. The topological polar surface area (TPSA) is 63.2 Å². The third-order valence-electron chi connectivity index (χ3n) is 2.84. The number of carbonyl (C=O) groups is 1. The summed E-state index contributed by atoms with van der Waals surface area (Å²) in [6.07, 6.45) is 3.25. The third kappa shape index (κ3) is 3.95. The fraction of sp³-hybridized carbons (Fsp3) is 0.250. The van der Waals surface area contributed by atoms with Gasteiger partial charge in [-0.05, 0) is 32.0 Å². The lowest BCUT2D eigenvalue weighted by molar-refractivity contribution is 0.102. The molecule has 0 radical (unpaired) electrons. The van der Waals surface area contributed by atoms with Crippen molar-refractivity contribution in [2.24, 2.45) is 0 Å². The Balaban J connectivity index is 2.16. The molecule has 0 aliphatic carbocycles. The number of carbonyl (C=O) groups excluding carboxylic acids is 1. The Kier molecular flexibility index (Phi) is 5.15. The van der Waals surface area contributed by atoms with Crippen LogP contribution in [0.5, 0.6) is 5.75 Å². The first-order valence-corrected chi connectivity index (χ1v) is 6.96. The molecule has 0 atom stereocenters. The van der Waals surface area contributed by atoms with Gasteiger partial charge in [-0.3, -0.25) is 9.78 Å². The Morgan fingerprint density at radius 2 is 2.14 bits per heavy atom. The minimum Gasteiger partial charge on any atom is -0.494 e. The van der Waals surface area contributed by atoms with E-state index in [1.165, 1.54) is 0 Å². The Morgan fingerprint density at radius 1 is 1.29 bits per heavy atom. The van der Waals surface area contributed by atoms with Crippen molar-refractivity contribution in [2.75, 3.05) is 23.8 Å². The predicted molar refractivity (Wildman–Crippen MR) is 84.0 cm³/mol. The number of ether oxygens (including phenoxy) is 1. The quantitative estimate of drug-likeness (QED) is 0.855. The van der Waals surface area contributed by atoms with Gasteiger partial charge in [0.15, 0.2) is 0 Å². The maximum Gasteiger partial charge on any atom is 0.257 e. The standard InChI is InChI=1S/C16H19N3O2/c1-3-18-15-11-17-9-8-14(15)16(20)19-12-6-5-7-13(10-12)21-4-2/h5-11,18H,3-4H2,1-2H3,(H,19,20). The van der Waals surface area contributed by atoms with E-state index in [1.807, 2.05) is 32.0 Å². The summed E-state index contributed by atoms with van der Waals surface area (Å²) in [6, 6.07) is 9.03. The molecule has 0 spiro atoms. The van der Waals surface area contributed by atoms with Crippen molar-refractivity contribution in [2.45, 2.75) is 13.8 Å². The molecule has 2 N–H and O–H groups in total. The van der Waals surface area contributed by atoms with Crippen LogP contribution in [-0.2, 0) is 0 Å². The SMILES string of the molecule is CCNc1cnccc1C(=O)Nc1cccc(OCC)c1. The highest BCUT2D eigenvalue weighted by atomic mass is 16.5. The van der Waals surface area contributed by atoms with Crippen molar-refractivity contribution in [1.82, 2.24) is 4.98 Å². The number of benzene rings is 1. The van der Waals surface area contributed by atoms with Crippen LogP contribution in [0.15, 0.2) is 42.7 Å². The number of nitrogens with zero attached hydrogens (tertiary/aromatic N) is 1. The second-order valence-corrected chi connectivity index (χ2v) is 4.37. The van der Waals surface area contributed by atoms with Gasteiger partial charge in [-0.2, -0.15) is 0 Å². The number of rotatable bonds is 6. The summed E-state index contributed by atoms with van der Waals surface area (Å²) in [5, 5.41) is 6.00. The molecule has 0 aliphatic rings. The van der Waals surface area contributed by atoms with Gasteiger partial charge in [0.05, 0.1) is 24.1 Å². The summed E-state index contributed by atoms with van der Waals surface area (Å²) in [4.78, 5) is 16.4. The molecule has 2 aromatic rings. The van der Waals surface area contributed by atoms with Crippen molar-refractivity contribution in [3.63, 3.8) is 0 Å². The number of nitrogens with one attached hydrogen (secondary N) is 2. The van der Waals surface area contributed by atoms with E-state index in [0.717, 1.165) is 18.0 Å². The molecule has 0 bridgehead atoms. The predicted octanol–water partition coefficient (Wildman–Crippen LogP) is 3.16. The maximum absolute atomic E-state index is 12.4. The van der Waals surface area contributed by atoms with Crippen LogP contribution < -0.4 is 15.4 Å². The molecule has 0 saturated carbocycles. The second kappa shape index (κ2) is 7.28. The average molecular weight is 285 g/mol. The highest BCUT2D eigenvalue weighted by molar-refractivity contribution is 6.07. The van der Waals surface area contributed by atoms with E-state index in [9.17, 15) is 4.79 Å². The smallest absolute Gasteiger partial charge is 0.257 e. The van der Waals surface area contributed by atoms with Crippen LogP contribution in [0.2, 0.25) is 0 Å². The van der Waals surface area contributed by atoms with Gasteiger partial charge in [0.1, 0.15) is 5.75 Å². The molecular formula is C16H19N3O2. The fourth-order valence-corrected chi connectivity index (χ4v) is 1.95. The number of amides is 1. The zero-order valence-electron chi connectivity index (χ0n) is 12.2. The zero-order valence-corrected chi connectivity index (χ0v) is 12.2. The Labute approximate surface area is 124 Å². The molecule has 5 heteroatoms. The van der Waals surface area contributed by atoms with Crippen LogP contribution >= 0.6 is 0 Å². The molecule has 2 rings (SSSR count). The molecule has 0 saturated heterocycles. The van der Waals surface area contributed by atoms with Crippen LogP contribution in [0, 0.1) is 0 Å². The number of anilines is 2. The Hall–Kier alpha value is -2.56. The second-order valence-electron chi connectivity index (χ2n) is 4.37. The van der Waals surface area contributed by atoms with Crippen molar-refractivity contribution in [3.8, 4) is 5.75 Å². The molecule has 5 nitrogen and oxygen atoms in total. The average Bonchev–Trinajstić information content (AvgIpc) is 2.49. The summed E-state index contributed by atoms with van der Waals surface area (Å²) in [5.41, 5.74) is 1.98. The van der Waals surface area contributed by atoms with Crippen LogP contribution in [-0.4, -0.2) is 24.0 Å². The largest absolute Gasteiger partial charge is 0.494 e. The van der Waals surface area contributed by atoms with Crippen LogP contribution in [0.4, 0.5) is 11.4 Å². The molecule has 0 unspecified atom stereocenters. The minimum absolute atomic E-state index is 0.179. The first-order valence-electron chi connectivity index (χ1n) is 6.96. The van der Waals surface area contributed by atoms with Gasteiger partial charge in [0.25, 0.3) is 5.91 Å². The summed E-state index contributed by atoms with van der Waals surface area (Å²) >= 11 is 0. The molecule has 1 aromatic heterocycles. The molecule has 1 heterocycles. The lowest BCUT2D eigenvalue weighted by Crippen LogP contribution is -2.15. The van der Waals surface area contributed by atoms with Gasteiger partial charge in [0.2, 0.25) is 0 Å². The van der Waals surface area contributed by atoms with Crippen molar-refractivity contribution < 1.29 is 9.53 Å². The molecule has 0 fully saturated rings. The van der Waals surface area contributed by atoms with E-state index in [-0.39, 0.29) is 5.91 Å². The van der Waals surface area contributed by atoms with E-state index < -0.39 is 0 Å². The summed E-state index contributed by atoms with van der Waals surface area (Å²) in [6.45, 7) is 5.21. The van der Waals surface area contributed by atoms with Crippen molar-refractivity contribution in [1.29, 1.82) is 0 Å². The highest BCUT2D eigenvalue weighted by Gasteiger charge is 2.11. The lowest BCUT2D eigenvalue weighted by Gasteiger charge is -2.11. The van der Waals surface area contributed by atoms with Gasteiger partial charge in [0, 0.05) is 24.5 Å². The first kappa shape index (κ1) is 14.8. The van der Waals surface area contributed by atoms with Crippen LogP contribution in [0.25, 0.3) is 0 Å². The lowest BCUT2D eigenvalue weighted by atomic mass is 10.2. The molecular weight excluding hydrogens is 266 g/mol. The minimum atomic E-state index is -0.179. The highest BCUT2D eigenvalue weighted by Crippen LogP contribution is 2.20. The number of hydrogen-bond donors (Lipinski definition) is 2. The van der Waals surface area contributed by atoms with Crippen LogP contribution in [0.1, 0.15) is 24.2 Å². The normalized spacial score (nSPS) is 10.0. The van der Waals surface area contributed by atoms with Gasteiger partial charge in [-0.1, -0.05) is 6.07 Å². The molecule has 1 aromatic carbocycles. The first-order chi connectivity index (χ1) is 10.2. The van der Waals surface area contributed by atoms with E-state index >= 15 is 0 Å². The van der Waals surface area contributed by atoms with Gasteiger partial charge in [-0.25, -0.2) is 0 Å². The number of pyridine rings is 1. The van der Waals surface area contributed by atoms with Gasteiger partial charge < -0.3 is 15.4 Å². The molecule has 110 valence electrons. The van der Waals surface area contributed by atoms with Gasteiger partial charge in [-0.15, -0.1) is 0 Å². The van der Waals surface area contributed by atoms with E-state index in [0.29, 0.717) is 17.9 Å². The summed E-state index contributed by atoms with van der Waals surface area (Å²) in [7, 11) is 0. The van der Waals surface area contributed by atoms with E-state index in [2.05, 4.69) is 15.6 Å². The monoisotopic (exact) mass is 285 g/mol. The third-order valence-corrected chi connectivity index (χ3v) is 2.84. The molecule has 0 aliphatic heterocycles. The molecule has 21 heavy (non-hydrogen) atoms. The van der Waals surface area contributed by atoms with E-state index in [1.54, 1.807) is 24.5 Å². The van der Waals surface area contributed by atoms with Crippen molar-refractivity contribution >= 4 is 17.3 Å². The zero-order chi connectivity index (χ0) is 15.1. The number of hydrogen-bond acceptors (Lipinski definition) is 4. The van der Waals surface area contributed by atoms with E-state index in [4.69, 9.17) is 4.74 Å². The number of aromatic nitrogens is 1. The molecule has 1 amide bonds. The maximum atomic E-state index is 12.4. The Morgan fingerprint density at radius 3 is 2.90 bits per heavy atom. The Bertz CT molecular complexity index is 614.